The molecule has 0 fully saturated rings. The summed E-state index contributed by atoms with van der Waals surface area (Å²) < 4.78 is 15.9. The molecule has 0 atom stereocenters. The minimum atomic E-state index is -0.521. The van der Waals surface area contributed by atoms with Gasteiger partial charge in [0.05, 0.1) is 6.61 Å². The Hall–Kier alpha value is -2.49. The smallest absolute Gasteiger partial charge is 0.377 e. The lowest BCUT2D eigenvalue weighted by Gasteiger charge is -2.18. The summed E-state index contributed by atoms with van der Waals surface area (Å²) >= 11 is 0. The summed E-state index contributed by atoms with van der Waals surface area (Å²) in [7, 11) is 0. The highest BCUT2D eigenvalue weighted by Gasteiger charge is 2.21. The molecular formula is C17H16O4. The third-order valence-corrected chi connectivity index (χ3v) is 3.32. The second-order valence-electron chi connectivity index (χ2n) is 4.74. The van der Waals surface area contributed by atoms with Gasteiger partial charge in [-0.2, -0.15) is 0 Å². The van der Waals surface area contributed by atoms with Gasteiger partial charge < -0.3 is 14.2 Å². The lowest BCUT2D eigenvalue weighted by molar-refractivity contribution is -0.141. The Bertz CT molecular complexity index is 653. The maximum absolute atomic E-state index is 11.6. The van der Waals surface area contributed by atoms with Crippen LogP contribution in [0, 0.1) is 0 Å². The summed E-state index contributed by atoms with van der Waals surface area (Å²) in [6, 6.07) is 5.72. The standard InChI is InChI=1S/C17H16O4/c1-2-19-17(18)16-11-20-15-10-13(8-9-14(15)21-16)12-6-4-3-5-7-12/h3-4,6,8-11H,2,5,7H2,1H3. The van der Waals surface area contributed by atoms with E-state index in [4.69, 9.17) is 14.2 Å². The molecule has 0 amide bonds. The monoisotopic (exact) mass is 284 g/mol. The second-order valence-corrected chi connectivity index (χ2v) is 4.74. The van der Waals surface area contributed by atoms with E-state index in [-0.39, 0.29) is 5.76 Å². The SMILES string of the molecule is CCOC(=O)C1=COc2cc(C3=CC=CCC3)ccc2O1. The number of allylic oxidation sites excluding steroid dienone is 4. The van der Waals surface area contributed by atoms with E-state index in [0.717, 1.165) is 18.4 Å². The summed E-state index contributed by atoms with van der Waals surface area (Å²) in [4.78, 5) is 11.6. The summed E-state index contributed by atoms with van der Waals surface area (Å²) in [6.07, 6.45) is 9.67. The number of rotatable bonds is 3. The van der Waals surface area contributed by atoms with Crippen LogP contribution < -0.4 is 9.47 Å². The summed E-state index contributed by atoms with van der Waals surface area (Å²) in [5.74, 6) is 0.677. The third kappa shape index (κ3) is 2.84. The number of ether oxygens (including phenoxy) is 3. The first-order chi connectivity index (χ1) is 10.3. The molecule has 1 aliphatic heterocycles. The van der Waals surface area contributed by atoms with Crippen molar-refractivity contribution in [3.8, 4) is 11.5 Å². The lowest BCUT2D eigenvalue weighted by atomic mass is 9.97. The van der Waals surface area contributed by atoms with Crippen molar-refractivity contribution in [2.45, 2.75) is 19.8 Å². The molecule has 4 nitrogen and oxygen atoms in total. The summed E-state index contributed by atoms with van der Waals surface area (Å²) in [5.41, 5.74) is 2.37. The molecule has 0 aromatic heterocycles. The molecule has 0 saturated heterocycles. The number of esters is 1. The van der Waals surface area contributed by atoms with E-state index in [1.807, 2.05) is 18.2 Å². The van der Waals surface area contributed by atoms with Crippen molar-refractivity contribution < 1.29 is 19.0 Å². The molecule has 0 unspecified atom stereocenters. The van der Waals surface area contributed by atoms with Crippen molar-refractivity contribution >= 4 is 11.5 Å². The molecule has 0 bridgehead atoms. The zero-order valence-corrected chi connectivity index (χ0v) is 11.8. The van der Waals surface area contributed by atoms with Gasteiger partial charge in [0.15, 0.2) is 11.5 Å². The van der Waals surface area contributed by atoms with Gasteiger partial charge in [-0.15, -0.1) is 0 Å². The van der Waals surface area contributed by atoms with Gasteiger partial charge in [0.25, 0.3) is 0 Å². The van der Waals surface area contributed by atoms with Crippen molar-refractivity contribution in [2.24, 2.45) is 0 Å². The van der Waals surface area contributed by atoms with Crippen LogP contribution in [0.25, 0.3) is 5.57 Å². The molecular weight excluding hydrogens is 268 g/mol. The van der Waals surface area contributed by atoms with Crippen LogP contribution in [0.3, 0.4) is 0 Å². The normalized spacial score (nSPS) is 16.0. The Morgan fingerprint density at radius 1 is 1.33 bits per heavy atom. The Labute approximate surface area is 123 Å². The largest absolute Gasteiger partial charge is 0.460 e. The van der Waals surface area contributed by atoms with E-state index in [9.17, 15) is 4.79 Å². The molecule has 0 saturated carbocycles. The molecule has 108 valence electrons. The highest BCUT2D eigenvalue weighted by molar-refractivity contribution is 5.87. The first-order valence-electron chi connectivity index (χ1n) is 7.00. The highest BCUT2D eigenvalue weighted by Crippen LogP contribution is 2.36. The first kappa shape index (κ1) is 13.5. The Morgan fingerprint density at radius 3 is 3.00 bits per heavy atom. The van der Waals surface area contributed by atoms with Crippen molar-refractivity contribution in [3.05, 3.63) is 54.0 Å². The van der Waals surface area contributed by atoms with Crippen molar-refractivity contribution in [1.29, 1.82) is 0 Å². The van der Waals surface area contributed by atoms with E-state index >= 15 is 0 Å². The summed E-state index contributed by atoms with van der Waals surface area (Å²) in [5, 5.41) is 0. The predicted octanol–water partition coefficient (Wildman–Crippen LogP) is 3.60. The molecule has 1 heterocycles. The van der Waals surface area contributed by atoms with Gasteiger partial charge in [-0.3, -0.25) is 0 Å². The predicted molar refractivity (Wildman–Crippen MR) is 78.8 cm³/mol. The molecule has 0 radical (unpaired) electrons. The van der Waals surface area contributed by atoms with E-state index in [1.54, 1.807) is 6.92 Å². The average molecular weight is 284 g/mol. The van der Waals surface area contributed by atoms with Gasteiger partial charge >= 0.3 is 5.97 Å². The minimum Gasteiger partial charge on any atom is -0.460 e. The zero-order valence-electron chi connectivity index (χ0n) is 11.8. The zero-order chi connectivity index (χ0) is 14.7. The van der Waals surface area contributed by atoms with Crippen LogP contribution in [-0.2, 0) is 9.53 Å². The number of fused-ring (bicyclic) bond motifs is 1. The van der Waals surface area contributed by atoms with Crippen molar-refractivity contribution in [1.82, 2.24) is 0 Å². The quantitative estimate of drug-likeness (QED) is 0.796. The fourth-order valence-electron chi connectivity index (χ4n) is 2.28. The lowest BCUT2D eigenvalue weighted by Crippen LogP contribution is -2.16. The van der Waals surface area contributed by atoms with Crippen LogP contribution in [0.1, 0.15) is 25.3 Å². The van der Waals surface area contributed by atoms with Crippen molar-refractivity contribution in [2.75, 3.05) is 6.61 Å². The van der Waals surface area contributed by atoms with Crippen molar-refractivity contribution in [3.63, 3.8) is 0 Å². The number of carbonyl (C=O) groups is 1. The maximum Gasteiger partial charge on any atom is 0.377 e. The first-order valence-corrected chi connectivity index (χ1v) is 7.00. The number of carbonyl (C=O) groups excluding carboxylic acids is 1. The van der Waals surface area contributed by atoms with Crippen LogP contribution in [0.4, 0.5) is 0 Å². The highest BCUT2D eigenvalue weighted by atomic mass is 16.6. The van der Waals surface area contributed by atoms with Crippen LogP contribution in [0.5, 0.6) is 11.5 Å². The fraction of sp³-hybridized carbons (Fsp3) is 0.235. The fourth-order valence-corrected chi connectivity index (χ4v) is 2.28. The summed E-state index contributed by atoms with van der Waals surface area (Å²) in [6.45, 7) is 2.04. The van der Waals surface area contributed by atoms with Gasteiger partial charge in [0.2, 0.25) is 5.76 Å². The molecule has 1 aromatic carbocycles. The van der Waals surface area contributed by atoms with E-state index in [0.29, 0.717) is 18.1 Å². The maximum atomic E-state index is 11.6. The van der Waals surface area contributed by atoms with E-state index in [1.165, 1.54) is 11.8 Å². The molecule has 0 spiro atoms. The van der Waals surface area contributed by atoms with Crippen LogP contribution in [0.15, 0.2) is 48.4 Å². The second kappa shape index (κ2) is 5.87. The molecule has 0 N–H and O–H groups in total. The third-order valence-electron chi connectivity index (χ3n) is 3.32. The van der Waals surface area contributed by atoms with Gasteiger partial charge in [-0.1, -0.05) is 24.3 Å². The van der Waals surface area contributed by atoms with Gasteiger partial charge in [0.1, 0.15) is 6.26 Å². The minimum absolute atomic E-state index is 0.0666. The molecule has 1 aliphatic carbocycles. The molecule has 3 rings (SSSR count). The number of benzene rings is 1. The number of hydrogen-bond acceptors (Lipinski definition) is 4. The molecule has 1 aromatic rings. The molecule has 21 heavy (non-hydrogen) atoms. The Balaban J connectivity index is 1.81. The van der Waals surface area contributed by atoms with Gasteiger partial charge in [0, 0.05) is 0 Å². The van der Waals surface area contributed by atoms with Crippen LogP contribution in [-0.4, -0.2) is 12.6 Å². The molecule has 4 heteroatoms. The molecule has 2 aliphatic rings. The van der Waals surface area contributed by atoms with Gasteiger partial charge in [-0.05, 0) is 43.0 Å². The number of hydrogen-bond donors (Lipinski definition) is 0. The Morgan fingerprint density at radius 2 is 2.24 bits per heavy atom. The van der Waals surface area contributed by atoms with Gasteiger partial charge in [-0.25, -0.2) is 4.79 Å². The van der Waals surface area contributed by atoms with Crippen LogP contribution >= 0.6 is 0 Å². The Kier molecular flexibility index (Phi) is 3.77. The average Bonchev–Trinajstić information content (AvgIpc) is 2.55. The topological polar surface area (TPSA) is 44.8 Å². The van der Waals surface area contributed by atoms with Crippen LogP contribution in [0.2, 0.25) is 0 Å². The van der Waals surface area contributed by atoms with E-state index in [2.05, 4.69) is 18.2 Å². The van der Waals surface area contributed by atoms with E-state index < -0.39 is 5.97 Å².